The Kier molecular flexibility index (Phi) is 5.62. The van der Waals surface area contributed by atoms with Crippen LogP contribution < -0.4 is 9.64 Å². The van der Waals surface area contributed by atoms with Crippen LogP contribution in [0.3, 0.4) is 0 Å². The molecular weight excluding hydrogens is 416 g/mol. The summed E-state index contributed by atoms with van der Waals surface area (Å²) in [5.74, 6) is 4.17. The van der Waals surface area contributed by atoms with E-state index in [1.54, 1.807) is 12.1 Å². The van der Waals surface area contributed by atoms with Crippen LogP contribution in [0.4, 0.5) is 6.01 Å². The maximum absolute atomic E-state index is 11.5. The molecule has 1 saturated heterocycles. The van der Waals surface area contributed by atoms with Gasteiger partial charge in [-0.3, -0.25) is 0 Å². The van der Waals surface area contributed by atoms with E-state index in [4.69, 9.17) is 9.26 Å². The van der Waals surface area contributed by atoms with Crippen LogP contribution in [-0.4, -0.2) is 49.5 Å². The van der Waals surface area contributed by atoms with Crippen LogP contribution >= 0.6 is 0 Å². The van der Waals surface area contributed by atoms with Crippen LogP contribution in [-0.2, 0) is 9.84 Å². The Morgan fingerprint density at radius 3 is 2.65 bits per heavy atom. The lowest BCUT2D eigenvalue weighted by molar-refractivity contribution is 0.274. The minimum Gasteiger partial charge on any atom is -0.478 e. The molecule has 9 heteroatoms. The van der Waals surface area contributed by atoms with Gasteiger partial charge >= 0.3 is 6.01 Å². The average molecular weight is 447 g/mol. The van der Waals surface area contributed by atoms with E-state index in [2.05, 4.69) is 20.0 Å². The van der Waals surface area contributed by atoms with Crippen LogP contribution in [0.5, 0.6) is 5.88 Å². The van der Waals surface area contributed by atoms with Crippen LogP contribution in [0.25, 0.3) is 0 Å². The highest BCUT2D eigenvalue weighted by molar-refractivity contribution is 7.90. The monoisotopic (exact) mass is 446 g/mol. The Morgan fingerprint density at radius 2 is 2.00 bits per heavy atom. The van der Waals surface area contributed by atoms with Gasteiger partial charge in [0.15, 0.2) is 15.7 Å². The summed E-state index contributed by atoms with van der Waals surface area (Å²) in [5, 5.41) is 4.19. The van der Waals surface area contributed by atoms with Crippen molar-refractivity contribution in [1.82, 2.24) is 15.1 Å². The summed E-state index contributed by atoms with van der Waals surface area (Å²) in [5.41, 5.74) is 0. The number of hydrogen-bond donors (Lipinski definition) is 0. The molecule has 2 aromatic rings. The summed E-state index contributed by atoms with van der Waals surface area (Å²) >= 11 is 0. The molecule has 0 spiro atoms. The van der Waals surface area contributed by atoms with Gasteiger partial charge in [-0.05, 0) is 62.3 Å². The van der Waals surface area contributed by atoms with Crippen molar-refractivity contribution in [1.29, 1.82) is 0 Å². The molecule has 31 heavy (non-hydrogen) atoms. The molecule has 2 saturated carbocycles. The zero-order valence-electron chi connectivity index (χ0n) is 17.9. The van der Waals surface area contributed by atoms with Crippen LogP contribution in [0.1, 0.15) is 56.7 Å². The van der Waals surface area contributed by atoms with Gasteiger partial charge in [0.2, 0.25) is 5.88 Å². The smallest absolute Gasteiger partial charge is 0.324 e. The maximum Gasteiger partial charge on any atom is 0.324 e. The standard InChI is InChI=1S/C22H30N4O4S/c1-31(27,28)18-5-6-20(23-14-18)29-12-9-17-13-19(17)15-7-10-26(11-8-15)22-24-21(25-30-22)16-3-2-4-16/h5-6,14-17,19H,2-4,7-13H2,1H3/t17-,19-/m1/s1. The van der Waals surface area contributed by atoms with Crippen molar-refractivity contribution in [3.8, 4) is 5.88 Å². The predicted molar refractivity (Wildman–Crippen MR) is 115 cm³/mol. The van der Waals surface area contributed by atoms with Crippen LogP contribution in [0.15, 0.2) is 27.7 Å². The summed E-state index contributed by atoms with van der Waals surface area (Å²) in [4.78, 5) is 11.2. The fourth-order valence-corrected chi connectivity index (χ4v) is 5.43. The first-order valence-corrected chi connectivity index (χ1v) is 13.2. The topological polar surface area (TPSA) is 98.4 Å². The molecule has 5 rings (SSSR count). The van der Waals surface area contributed by atoms with Crippen LogP contribution in [0, 0.1) is 17.8 Å². The van der Waals surface area contributed by atoms with Crippen molar-refractivity contribution in [2.24, 2.45) is 17.8 Å². The van der Waals surface area contributed by atoms with Gasteiger partial charge in [-0.1, -0.05) is 11.6 Å². The Balaban J connectivity index is 1.03. The quantitative estimate of drug-likeness (QED) is 0.608. The second-order valence-corrected chi connectivity index (χ2v) is 11.3. The highest BCUT2D eigenvalue weighted by Crippen LogP contribution is 2.50. The zero-order chi connectivity index (χ0) is 21.4. The molecule has 3 aliphatic rings. The number of ether oxygens (including phenoxy) is 1. The molecule has 2 atom stereocenters. The van der Waals surface area contributed by atoms with E-state index in [0.29, 0.717) is 24.4 Å². The van der Waals surface area contributed by atoms with Gasteiger partial charge in [0.05, 0.1) is 11.5 Å². The van der Waals surface area contributed by atoms with E-state index in [0.717, 1.165) is 43.1 Å². The van der Waals surface area contributed by atoms with Gasteiger partial charge in [-0.25, -0.2) is 13.4 Å². The largest absolute Gasteiger partial charge is 0.478 e. The molecule has 0 unspecified atom stereocenters. The molecule has 3 fully saturated rings. The molecule has 8 nitrogen and oxygen atoms in total. The normalized spacial score (nSPS) is 24.7. The Hall–Kier alpha value is -2.16. The van der Waals surface area contributed by atoms with Gasteiger partial charge in [0, 0.05) is 37.5 Å². The second-order valence-electron chi connectivity index (χ2n) is 9.29. The number of rotatable bonds is 8. The summed E-state index contributed by atoms with van der Waals surface area (Å²) in [6.45, 7) is 2.61. The van der Waals surface area contributed by atoms with E-state index in [1.807, 2.05) is 0 Å². The summed E-state index contributed by atoms with van der Waals surface area (Å²) in [7, 11) is -3.22. The maximum atomic E-state index is 11.5. The third-order valence-electron chi connectivity index (χ3n) is 7.17. The summed E-state index contributed by atoms with van der Waals surface area (Å²) in [6.07, 6.45) is 10.9. The number of anilines is 1. The van der Waals surface area contributed by atoms with Crippen LogP contribution in [0.2, 0.25) is 0 Å². The van der Waals surface area contributed by atoms with Crippen molar-refractivity contribution in [3.63, 3.8) is 0 Å². The molecule has 3 heterocycles. The minimum atomic E-state index is -3.22. The number of aromatic nitrogens is 3. The first kappa shape index (κ1) is 20.7. The van der Waals surface area contributed by atoms with E-state index < -0.39 is 9.84 Å². The number of piperidine rings is 1. The SMILES string of the molecule is CS(=O)(=O)c1ccc(OCC[C@@H]2C[C@@H]2C2CCN(c3nc(C4CCC4)no3)CC2)nc1. The Morgan fingerprint density at radius 1 is 1.19 bits per heavy atom. The molecule has 168 valence electrons. The third kappa shape index (κ3) is 4.71. The molecule has 1 aliphatic heterocycles. The van der Waals surface area contributed by atoms with E-state index in [9.17, 15) is 8.42 Å². The Labute approximate surface area is 183 Å². The lowest BCUT2D eigenvalue weighted by Crippen LogP contribution is -2.34. The predicted octanol–water partition coefficient (Wildman–Crippen LogP) is 3.46. The van der Waals surface area contributed by atoms with Crippen molar-refractivity contribution >= 4 is 15.9 Å². The number of pyridine rings is 1. The second kappa shape index (κ2) is 8.41. The third-order valence-corrected chi connectivity index (χ3v) is 8.27. The van der Waals surface area contributed by atoms with E-state index >= 15 is 0 Å². The van der Waals surface area contributed by atoms with Crippen molar-refractivity contribution in [3.05, 3.63) is 24.2 Å². The lowest BCUT2D eigenvalue weighted by Gasteiger charge is -2.31. The van der Waals surface area contributed by atoms with Crippen molar-refractivity contribution in [2.45, 2.75) is 55.8 Å². The minimum absolute atomic E-state index is 0.216. The molecule has 2 aliphatic carbocycles. The van der Waals surface area contributed by atoms with Gasteiger partial charge in [-0.2, -0.15) is 4.98 Å². The van der Waals surface area contributed by atoms with Gasteiger partial charge in [-0.15, -0.1) is 0 Å². The fourth-order valence-electron chi connectivity index (χ4n) is 4.87. The summed E-state index contributed by atoms with van der Waals surface area (Å²) in [6, 6.07) is 3.88. The van der Waals surface area contributed by atoms with Gasteiger partial charge in [0.25, 0.3) is 0 Å². The molecule has 0 aromatic carbocycles. The van der Waals surface area contributed by atoms with E-state index in [-0.39, 0.29) is 4.90 Å². The zero-order valence-corrected chi connectivity index (χ0v) is 18.8. The number of nitrogens with zero attached hydrogens (tertiary/aromatic N) is 4. The first-order chi connectivity index (χ1) is 15.0. The summed E-state index contributed by atoms with van der Waals surface area (Å²) < 4.78 is 34.2. The molecule has 0 radical (unpaired) electrons. The number of sulfone groups is 1. The van der Waals surface area contributed by atoms with Gasteiger partial charge in [0.1, 0.15) is 0 Å². The fraction of sp³-hybridized carbons (Fsp3) is 0.682. The molecule has 2 aromatic heterocycles. The molecule has 0 amide bonds. The first-order valence-electron chi connectivity index (χ1n) is 11.3. The van der Waals surface area contributed by atoms with Crippen molar-refractivity contribution < 1.29 is 17.7 Å². The molecule has 0 bridgehead atoms. The molecular formula is C22H30N4O4S. The average Bonchev–Trinajstić information content (AvgIpc) is 3.33. The Bertz CT molecular complexity index is 995. The van der Waals surface area contributed by atoms with Gasteiger partial charge < -0.3 is 14.2 Å². The van der Waals surface area contributed by atoms with E-state index in [1.165, 1.54) is 51.0 Å². The highest BCUT2D eigenvalue weighted by Gasteiger charge is 2.43. The van der Waals surface area contributed by atoms with Crippen molar-refractivity contribution in [2.75, 3.05) is 30.9 Å². The molecule has 0 N–H and O–H groups in total. The lowest BCUT2D eigenvalue weighted by atomic mass is 9.85. The highest BCUT2D eigenvalue weighted by atomic mass is 32.2. The number of hydrogen-bond acceptors (Lipinski definition) is 8.